The van der Waals surface area contributed by atoms with Crippen molar-refractivity contribution in [2.24, 2.45) is 0 Å². The minimum atomic E-state index is -0.113. The minimum absolute atomic E-state index is 0.112. The van der Waals surface area contributed by atoms with Gasteiger partial charge in [-0.2, -0.15) is 0 Å². The average Bonchev–Trinajstić information content (AvgIpc) is 1.55. The summed E-state index contributed by atoms with van der Waals surface area (Å²) < 4.78 is 9.82. The van der Waals surface area contributed by atoms with Crippen molar-refractivity contribution >= 4 is 87.2 Å². The molecule has 0 spiro atoms. The van der Waals surface area contributed by atoms with Crippen LogP contribution in [0, 0.1) is 0 Å². The van der Waals surface area contributed by atoms with E-state index in [0.717, 1.165) is 5.69 Å². The van der Waals surface area contributed by atoms with Crippen molar-refractivity contribution in [2.75, 3.05) is 0 Å². The standard InChI is InChI=1S/2C51H36N2/c1-51(2)44-22-9-6-18-38(44)41-21-13-25-49(50(41)51)53-46-24-11-8-20-40(46)43-32-36(27-29-48(43)53)35-26-28-47-42(31-35)39-19-7-10-23-45(39)52(47)37-17-12-16-34(30-37)33-14-4-3-5-15-33;1-51(2)44-19-9-6-15-38(44)41-18-12-22-49(50(41)51)53-46-21-11-8-17-40(46)43-32-36(26-30-48(43)53)35-25-29-47-42(31-35)39-16-7-10-20-45(39)52(47)37-27-23-34(24-28-37)33-13-4-3-5-14-33/h2*3-32H,1-2H3. The van der Waals surface area contributed by atoms with Crippen LogP contribution in [0.5, 0.6) is 0 Å². The van der Waals surface area contributed by atoms with Crippen LogP contribution in [0.2, 0.25) is 0 Å². The van der Waals surface area contributed by atoms with Crippen molar-refractivity contribution < 1.29 is 0 Å². The highest BCUT2D eigenvalue weighted by Gasteiger charge is 2.40. The van der Waals surface area contributed by atoms with Gasteiger partial charge in [0.05, 0.1) is 55.5 Å². The average molecular weight is 1350 g/mol. The van der Waals surface area contributed by atoms with Gasteiger partial charge in [-0.25, -0.2) is 0 Å². The predicted octanol–water partition coefficient (Wildman–Crippen LogP) is 27.0. The molecule has 106 heavy (non-hydrogen) atoms. The molecule has 500 valence electrons. The van der Waals surface area contributed by atoms with E-state index in [0.29, 0.717) is 0 Å². The fraction of sp³-hybridized carbons (Fsp3) is 0.0588. The maximum absolute atomic E-state index is 2.50. The molecule has 0 radical (unpaired) electrons. The van der Waals surface area contributed by atoms with Gasteiger partial charge in [0.2, 0.25) is 0 Å². The Morgan fingerprint density at radius 2 is 0.462 bits per heavy atom. The Hall–Kier alpha value is -13.3. The van der Waals surface area contributed by atoms with Gasteiger partial charge in [0.25, 0.3) is 0 Å². The zero-order valence-electron chi connectivity index (χ0n) is 59.4. The number of hydrogen-bond donors (Lipinski definition) is 0. The summed E-state index contributed by atoms with van der Waals surface area (Å²) in [6.45, 7) is 9.50. The molecular formula is C102H72N4. The molecule has 16 aromatic carbocycles. The lowest BCUT2D eigenvalue weighted by Crippen LogP contribution is -2.18. The molecular weight excluding hydrogens is 1280 g/mol. The smallest absolute Gasteiger partial charge is 0.0541 e. The fourth-order valence-corrected chi connectivity index (χ4v) is 18.6. The monoisotopic (exact) mass is 1350 g/mol. The summed E-state index contributed by atoms with van der Waals surface area (Å²) >= 11 is 0. The van der Waals surface area contributed by atoms with E-state index in [2.05, 4.69) is 410 Å². The number of para-hydroxylation sites is 4. The number of benzene rings is 16. The molecule has 0 fully saturated rings. The van der Waals surface area contributed by atoms with Crippen molar-refractivity contribution in [1.82, 2.24) is 18.3 Å². The Balaban J connectivity index is 0.000000136. The number of nitrogens with zero attached hydrogens (tertiary/aromatic N) is 4. The molecule has 2 aliphatic carbocycles. The molecule has 0 saturated heterocycles. The molecule has 20 aromatic rings. The normalized spacial score (nSPS) is 13.2. The molecule has 0 amide bonds. The summed E-state index contributed by atoms with van der Waals surface area (Å²) in [6, 6.07) is 134. The lowest BCUT2D eigenvalue weighted by atomic mass is 9.81. The summed E-state index contributed by atoms with van der Waals surface area (Å²) in [7, 11) is 0. The van der Waals surface area contributed by atoms with Gasteiger partial charge in [-0.15, -0.1) is 0 Å². The highest BCUT2D eigenvalue weighted by atomic mass is 15.0. The topological polar surface area (TPSA) is 19.7 Å². The molecule has 0 saturated carbocycles. The van der Waals surface area contributed by atoms with Crippen molar-refractivity contribution in [3.05, 3.63) is 386 Å². The van der Waals surface area contributed by atoms with Crippen LogP contribution >= 0.6 is 0 Å². The maximum atomic E-state index is 2.50. The first-order chi connectivity index (χ1) is 52.1. The van der Waals surface area contributed by atoms with E-state index < -0.39 is 0 Å². The zero-order valence-corrected chi connectivity index (χ0v) is 59.4. The van der Waals surface area contributed by atoms with Gasteiger partial charge in [-0.1, -0.05) is 282 Å². The quantitative estimate of drug-likeness (QED) is 0.144. The lowest BCUT2D eigenvalue weighted by molar-refractivity contribution is 0.656. The SMILES string of the molecule is CC1(C)c2ccccc2-c2cccc(-n3c4ccccc4c4cc(-c5ccc6c(c5)c5ccccc5n6-c5ccc(-c6ccccc6)cc5)ccc43)c21.CC1(C)c2ccccc2-c2cccc(-n3c4ccccc4c4cc(-c5ccc6c(c5)c5ccccc5n6-c5cccc(-c6ccccc6)c5)ccc43)c21. The van der Waals surface area contributed by atoms with Gasteiger partial charge >= 0.3 is 0 Å². The van der Waals surface area contributed by atoms with E-state index in [9.17, 15) is 0 Å². The first-order valence-electron chi connectivity index (χ1n) is 37.1. The third kappa shape index (κ3) is 9.27. The second-order valence-electron chi connectivity index (χ2n) is 29.9. The summed E-state index contributed by atoms with van der Waals surface area (Å²) in [4.78, 5) is 0. The molecule has 4 aromatic heterocycles. The van der Waals surface area contributed by atoms with Crippen molar-refractivity contribution in [3.63, 3.8) is 0 Å². The second kappa shape index (κ2) is 23.6. The number of rotatable bonds is 8. The van der Waals surface area contributed by atoms with Crippen LogP contribution in [0.3, 0.4) is 0 Å². The van der Waals surface area contributed by atoms with Crippen LogP contribution in [0.25, 0.3) is 177 Å². The third-order valence-corrected chi connectivity index (χ3v) is 23.4. The van der Waals surface area contributed by atoms with Gasteiger partial charge in [-0.3, -0.25) is 0 Å². The van der Waals surface area contributed by atoms with Gasteiger partial charge in [0, 0.05) is 65.3 Å². The van der Waals surface area contributed by atoms with Crippen molar-refractivity contribution in [3.8, 4) is 89.5 Å². The Kier molecular flexibility index (Phi) is 13.7. The molecule has 4 nitrogen and oxygen atoms in total. The van der Waals surface area contributed by atoms with E-state index in [4.69, 9.17) is 0 Å². The Morgan fingerprint density at radius 1 is 0.179 bits per heavy atom. The summed E-state index contributed by atoms with van der Waals surface area (Å²) in [5.74, 6) is 0. The van der Waals surface area contributed by atoms with Gasteiger partial charge in [-0.05, 0) is 198 Å². The van der Waals surface area contributed by atoms with Crippen molar-refractivity contribution in [1.29, 1.82) is 0 Å². The van der Waals surface area contributed by atoms with E-state index in [1.165, 1.54) is 193 Å². The van der Waals surface area contributed by atoms with Gasteiger partial charge < -0.3 is 18.3 Å². The van der Waals surface area contributed by atoms with E-state index in [1.54, 1.807) is 0 Å². The van der Waals surface area contributed by atoms with Crippen molar-refractivity contribution in [2.45, 2.75) is 38.5 Å². The van der Waals surface area contributed by atoms with Crippen LogP contribution in [-0.4, -0.2) is 18.3 Å². The Morgan fingerprint density at radius 3 is 0.887 bits per heavy atom. The minimum Gasteiger partial charge on any atom is -0.309 e. The third-order valence-electron chi connectivity index (χ3n) is 23.4. The first-order valence-corrected chi connectivity index (χ1v) is 37.1. The molecule has 0 unspecified atom stereocenters. The molecule has 0 aliphatic heterocycles. The largest absolute Gasteiger partial charge is 0.309 e. The van der Waals surface area contributed by atoms with Gasteiger partial charge in [0.15, 0.2) is 0 Å². The molecule has 0 N–H and O–H groups in total. The Bertz CT molecular complexity index is 6990. The zero-order chi connectivity index (χ0) is 70.5. The van der Waals surface area contributed by atoms with Crippen LogP contribution in [0.1, 0.15) is 49.9 Å². The molecule has 0 atom stereocenters. The summed E-state index contributed by atoms with van der Waals surface area (Å²) in [5, 5.41) is 10.1. The highest BCUT2D eigenvalue weighted by molar-refractivity contribution is 6.15. The van der Waals surface area contributed by atoms with Crippen LogP contribution in [0.4, 0.5) is 0 Å². The van der Waals surface area contributed by atoms with E-state index in [-0.39, 0.29) is 10.8 Å². The summed E-state index contributed by atoms with van der Waals surface area (Å²) in [5.41, 5.74) is 35.1. The van der Waals surface area contributed by atoms with Gasteiger partial charge in [0.1, 0.15) is 0 Å². The first kappa shape index (κ1) is 61.4. The van der Waals surface area contributed by atoms with Crippen LogP contribution in [-0.2, 0) is 10.8 Å². The van der Waals surface area contributed by atoms with Crippen LogP contribution < -0.4 is 0 Å². The molecule has 0 bridgehead atoms. The van der Waals surface area contributed by atoms with Crippen LogP contribution in [0.15, 0.2) is 364 Å². The molecule has 22 rings (SSSR count). The highest BCUT2D eigenvalue weighted by Crippen LogP contribution is 2.54. The molecule has 4 heterocycles. The predicted molar refractivity (Wildman–Crippen MR) is 447 cm³/mol. The number of hydrogen-bond acceptors (Lipinski definition) is 0. The lowest BCUT2D eigenvalue weighted by Gasteiger charge is -2.25. The molecule has 2 aliphatic rings. The number of fused-ring (bicyclic) bond motifs is 18. The number of aromatic nitrogens is 4. The van der Waals surface area contributed by atoms with E-state index in [1.807, 2.05) is 0 Å². The summed E-state index contributed by atoms with van der Waals surface area (Å²) in [6.07, 6.45) is 0. The maximum Gasteiger partial charge on any atom is 0.0541 e. The fourth-order valence-electron chi connectivity index (χ4n) is 18.6. The second-order valence-corrected chi connectivity index (χ2v) is 29.9. The Labute approximate surface area is 615 Å². The molecule has 4 heteroatoms. The van der Waals surface area contributed by atoms with E-state index >= 15 is 0 Å².